The molecule has 0 spiro atoms. The first-order valence-electron chi connectivity index (χ1n) is 10.7. The number of carboxylic acid groups (broad SMARTS) is 1. The number of alkyl halides is 3. The molecular weight excluding hydrogens is 447 g/mol. The molecule has 178 valence electrons. The summed E-state index contributed by atoms with van der Waals surface area (Å²) in [6.45, 7) is 4.22. The average molecular weight is 471 g/mol. The lowest BCUT2D eigenvalue weighted by Crippen LogP contribution is -2.07. The van der Waals surface area contributed by atoms with E-state index in [9.17, 15) is 18.0 Å². The Morgan fingerprint density at radius 3 is 2.50 bits per heavy atom. The number of fused-ring (bicyclic) bond motifs is 1. The Bertz CT molecular complexity index is 1340. The fourth-order valence-electron chi connectivity index (χ4n) is 4.04. The van der Waals surface area contributed by atoms with Crippen LogP contribution in [0.25, 0.3) is 16.6 Å². The predicted molar refractivity (Wildman–Crippen MR) is 121 cm³/mol. The van der Waals surface area contributed by atoms with Gasteiger partial charge in [-0.1, -0.05) is 6.92 Å². The zero-order valence-corrected chi connectivity index (χ0v) is 18.9. The van der Waals surface area contributed by atoms with Gasteiger partial charge in [0.15, 0.2) is 0 Å². The van der Waals surface area contributed by atoms with Crippen LogP contribution in [0.4, 0.5) is 13.2 Å². The summed E-state index contributed by atoms with van der Waals surface area (Å²) in [6, 6.07) is 10.4. The second-order valence-electron chi connectivity index (χ2n) is 8.39. The van der Waals surface area contributed by atoms with Gasteiger partial charge in [-0.05, 0) is 54.4 Å². The van der Waals surface area contributed by atoms with E-state index in [0.29, 0.717) is 18.0 Å². The number of nitrogens with zero attached hydrogens (tertiary/aromatic N) is 3. The minimum absolute atomic E-state index is 0.0186. The highest BCUT2D eigenvalue weighted by atomic mass is 19.4. The number of carbonyl (C=O) groups is 1. The van der Waals surface area contributed by atoms with Gasteiger partial charge in [0.2, 0.25) is 0 Å². The van der Waals surface area contributed by atoms with E-state index in [1.165, 1.54) is 12.1 Å². The molecule has 0 radical (unpaired) electrons. The molecule has 1 N–H and O–H groups in total. The Kier molecular flexibility index (Phi) is 6.12. The predicted octanol–water partition coefficient (Wildman–Crippen LogP) is 5.50. The maximum Gasteiger partial charge on any atom is 0.416 e. The van der Waals surface area contributed by atoms with Gasteiger partial charge in [0.05, 0.1) is 35.5 Å². The molecule has 4 rings (SSSR count). The third-order valence-electron chi connectivity index (χ3n) is 5.81. The summed E-state index contributed by atoms with van der Waals surface area (Å²) in [5, 5.41) is 14.4. The molecule has 0 saturated heterocycles. The van der Waals surface area contributed by atoms with Crippen molar-refractivity contribution in [1.82, 2.24) is 14.3 Å². The van der Waals surface area contributed by atoms with Gasteiger partial charge in [0.1, 0.15) is 5.75 Å². The Morgan fingerprint density at radius 2 is 1.85 bits per heavy atom. The van der Waals surface area contributed by atoms with Gasteiger partial charge in [0, 0.05) is 36.8 Å². The number of rotatable bonds is 7. The van der Waals surface area contributed by atoms with E-state index in [-0.39, 0.29) is 12.3 Å². The maximum absolute atomic E-state index is 12.8. The highest BCUT2D eigenvalue weighted by Crippen LogP contribution is 2.30. The average Bonchev–Trinajstić information content (AvgIpc) is 3.31. The molecule has 4 aromatic rings. The van der Waals surface area contributed by atoms with Crippen molar-refractivity contribution in [3.8, 4) is 11.4 Å². The number of benzene rings is 2. The molecule has 0 saturated carbocycles. The van der Waals surface area contributed by atoms with Crippen LogP contribution in [0.5, 0.6) is 5.75 Å². The van der Waals surface area contributed by atoms with Gasteiger partial charge in [-0.2, -0.15) is 18.3 Å². The number of carboxylic acids is 1. The molecule has 1 atom stereocenters. The lowest BCUT2D eigenvalue weighted by molar-refractivity contribution is -0.138. The van der Waals surface area contributed by atoms with Crippen molar-refractivity contribution in [2.75, 3.05) is 6.61 Å². The quantitative estimate of drug-likeness (QED) is 0.386. The van der Waals surface area contributed by atoms with Crippen LogP contribution in [0.3, 0.4) is 0 Å². The van der Waals surface area contributed by atoms with Crippen molar-refractivity contribution >= 4 is 16.9 Å². The summed E-state index contributed by atoms with van der Waals surface area (Å²) in [6.07, 6.45) is -0.804. The van der Waals surface area contributed by atoms with Crippen molar-refractivity contribution in [2.45, 2.75) is 32.4 Å². The lowest BCUT2D eigenvalue weighted by Gasteiger charge is -2.13. The summed E-state index contributed by atoms with van der Waals surface area (Å²) in [4.78, 5) is 11.1. The van der Waals surface area contributed by atoms with E-state index >= 15 is 0 Å². The van der Waals surface area contributed by atoms with Crippen molar-refractivity contribution in [3.63, 3.8) is 0 Å². The first kappa shape index (κ1) is 23.4. The van der Waals surface area contributed by atoms with E-state index in [1.807, 2.05) is 56.1 Å². The van der Waals surface area contributed by atoms with E-state index in [0.717, 1.165) is 39.9 Å². The highest BCUT2D eigenvalue weighted by molar-refractivity contribution is 5.88. The van der Waals surface area contributed by atoms with E-state index in [2.05, 4.69) is 5.10 Å². The number of hydrogen-bond donors (Lipinski definition) is 1. The van der Waals surface area contributed by atoms with Gasteiger partial charge in [-0.25, -0.2) is 4.68 Å². The first-order valence-corrected chi connectivity index (χ1v) is 10.7. The summed E-state index contributed by atoms with van der Waals surface area (Å²) in [5.41, 5.74) is 3.17. The zero-order chi connectivity index (χ0) is 24.6. The summed E-state index contributed by atoms with van der Waals surface area (Å²) < 4.78 is 47.9. The Labute approximate surface area is 194 Å². The summed E-state index contributed by atoms with van der Waals surface area (Å²) in [5.74, 6) is -0.237. The fraction of sp³-hybridized carbons (Fsp3) is 0.280. The first-order chi connectivity index (χ1) is 16.0. The van der Waals surface area contributed by atoms with Crippen molar-refractivity contribution in [3.05, 3.63) is 77.2 Å². The number of aromatic nitrogens is 3. The van der Waals surface area contributed by atoms with Gasteiger partial charge < -0.3 is 14.4 Å². The topological polar surface area (TPSA) is 69.3 Å². The summed E-state index contributed by atoms with van der Waals surface area (Å²) >= 11 is 0. The molecule has 0 bridgehead atoms. The molecule has 0 aliphatic heterocycles. The molecule has 6 nitrogen and oxygen atoms in total. The number of aliphatic carboxylic acids is 1. The summed E-state index contributed by atoms with van der Waals surface area (Å²) in [7, 11) is 1.86. The van der Waals surface area contributed by atoms with Gasteiger partial charge in [0.25, 0.3) is 0 Å². The molecule has 2 aromatic heterocycles. The van der Waals surface area contributed by atoms with Gasteiger partial charge in [-0.15, -0.1) is 0 Å². The molecule has 0 amide bonds. The molecule has 2 aromatic carbocycles. The van der Waals surface area contributed by atoms with Gasteiger partial charge >= 0.3 is 12.1 Å². The molecule has 9 heteroatoms. The number of halogens is 3. The lowest BCUT2D eigenvalue weighted by atomic mass is 10.0. The molecule has 34 heavy (non-hydrogen) atoms. The van der Waals surface area contributed by atoms with Crippen LogP contribution in [0.1, 0.15) is 35.2 Å². The maximum atomic E-state index is 12.8. The van der Waals surface area contributed by atoms with Crippen LogP contribution in [0, 0.1) is 6.92 Å². The fourth-order valence-corrected chi connectivity index (χ4v) is 4.04. The molecule has 0 unspecified atom stereocenters. The van der Waals surface area contributed by atoms with Crippen LogP contribution in [0.15, 0.2) is 54.9 Å². The molecular formula is C25H24F3N3O3. The SMILES string of the molecule is Cc1nn(-c2ccc(C(F)(F)F)cc2)cc1[C@H](C)COc1ccc2c(CC(=O)O)cn(C)c2c1. The second kappa shape index (κ2) is 8.89. The normalized spacial score (nSPS) is 12.8. The van der Waals surface area contributed by atoms with Crippen LogP contribution >= 0.6 is 0 Å². The molecule has 0 fully saturated rings. The van der Waals surface area contributed by atoms with Crippen molar-refractivity contribution in [1.29, 1.82) is 0 Å². The van der Waals surface area contributed by atoms with Crippen molar-refractivity contribution < 1.29 is 27.8 Å². The number of aryl methyl sites for hydroxylation is 2. The van der Waals surface area contributed by atoms with Crippen LogP contribution in [-0.2, 0) is 24.4 Å². The number of ether oxygens (including phenoxy) is 1. The van der Waals surface area contributed by atoms with E-state index in [4.69, 9.17) is 9.84 Å². The zero-order valence-electron chi connectivity index (χ0n) is 18.9. The minimum atomic E-state index is -4.38. The van der Waals surface area contributed by atoms with Crippen LogP contribution in [-0.4, -0.2) is 32.0 Å². The molecule has 2 heterocycles. The highest BCUT2D eigenvalue weighted by Gasteiger charge is 2.30. The molecule has 0 aliphatic rings. The Hall–Kier alpha value is -3.75. The second-order valence-corrected chi connectivity index (χ2v) is 8.39. The van der Waals surface area contributed by atoms with E-state index in [1.54, 1.807) is 4.68 Å². The van der Waals surface area contributed by atoms with Crippen LogP contribution in [0.2, 0.25) is 0 Å². The Balaban J connectivity index is 1.48. The van der Waals surface area contributed by atoms with Crippen molar-refractivity contribution in [2.24, 2.45) is 7.05 Å². The van der Waals surface area contributed by atoms with E-state index < -0.39 is 17.7 Å². The van der Waals surface area contributed by atoms with Gasteiger partial charge in [-0.3, -0.25) is 4.79 Å². The largest absolute Gasteiger partial charge is 0.493 e. The third-order valence-corrected chi connectivity index (χ3v) is 5.81. The molecule has 0 aliphatic carbocycles. The minimum Gasteiger partial charge on any atom is -0.493 e. The monoisotopic (exact) mass is 471 g/mol. The Morgan fingerprint density at radius 1 is 1.15 bits per heavy atom. The van der Waals surface area contributed by atoms with Crippen LogP contribution < -0.4 is 4.74 Å². The standard InChI is InChI=1S/C25H24F3N3O3/c1-15(14-34-20-8-9-21-17(10-24(32)33)12-30(3)23(21)11-20)22-13-31(29-16(22)2)19-6-4-18(5-7-19)25(26,27)28/h4-9,11-13,15H,10,14H2,1-3H3,(H,32,33)/t15-/m1/s1. The number of hydrogen-bond acceptors (Lipinski definition) is 3. The smallest absolute Gasteiger partial charge is 0.416 e. The third kappa shape index (κ3) is 4.78.